The maximum atomic E-state index is 14.8. The number of nitrogens with zero attached hydrogens (tertiary/aromatic N) is 5. The van der Waals surface area contributed by atoms with Gasteiger partial charge >= 0.3 is 6.03 Å². The molecule has 3 aromatic rings. The number of fused-ring (bicyclic) bond motifs is 1. The molecular formula is C28H35F2N7O3. The van der Waals surface area contributed by atoms with E-state index in [4.69, 9.17) is 4.74 Å². The molecule has 4 heterocycles. The van der Waals surface area contributed by atoms with Gasteiger partial charge in [0.2, 0.25) is 0 Å². The van der Waals surface area contributed by atoms with Crippen molar-refractivity contribution in [3.63, 3.8) is 0 Å². The maximum absolute atomic E-state index is 14.8. The highest BCUT2D eigenvalue weighted by Crippen LogP contribution is 2.37. The van der Waals surface area contributed by atoms with Gasteiger partial charge in [0.25, 0.3) is 5.56 Å². The number of methoxy groups -OCH3 is 1. The summed E-state index contributed by atoms with van der Waals surface area (Å²) in [7, 11) is 1.58. The van der Waals surface area contributed by atoms with Crippen LogP contribution in [-0.2, 0) is 16.9 Å². The maximum Gasteiger partial charge on any atom is 0.317 e. The predicted octanol–water partition coefficient (Wildman–Crippen LogP) is 4.04. The van der Waals surface area contributed by atoms with E-state index in [1.807, 2.05) is 31.4 Å². The Bertz CT molecular complexity index is 1450. The van der Waals surface area contributed by atoms with Gasteiger partial charge in [0.05, 0.1) is 11.7 Å². The molecule has 0 unspecified atom stereocenters. The fourth-order valence-electron chi connectivity index (χ4n) is 5.79. The largest absolute Gasteiger partial charge is 0.371 e. The van der Waals surface area contributed by atoms with Gasteiger partial charge in [-0.15, -0.1) is 10.2 Å². The van der Waals surface area contributed by atoms with Crippen LogP contribution in [0.15, 0.2) is 29.1 Å². The molecule has 2 N–H and O–H groups in total. The van der Waals surface area contributed by atoms with Crippen LogP contribution in [0.4, 0.5) is 13.6 Å². The van der Waals surface area contributed by atoms with E-state index in [1.165, 1.54) is 6.07 Å². The van der Waals surface area contributed by atoms with E-state index in [-0.39, 0.29) is 29.0 Å². The number of likely N-dealkylation sites (tertiary alicyclic amines) is 1. The molecule has 2 aromatic heterocycles. The summed E-state index contributed by atoms with van der Waals surface area (Å²) in [4.78, 5) is 27.4. The first-order chi connectivity index (χ1) is 19.1. The lowest BCUT2D eigenvalue weighted by molar-refractivity contribution is 0.00785. The van der Waals surface area contributed by atoms with Gasteiger partial charge in [-0.05, 0) is 70.1 Å². The molecule has 10 nitrogen and oxygen atoms in total. The van der Waals surface area contributed by atoms with E-state index in [9.17, 15) is 18.4 Å². The Morgan fingerprint density at radius 3 is 2.58 bits per heavy atom. The Labute approximate surface area is 231 Å². The summed E-state index contributed by atoms with van der Waals surface area (Å²) in [5.41, 5.74) is 0.759. The van der Waals surface area contributed by atoms with Crippen molar-refractivity contribution >= 4 is 6.03 Å². The Morgan fingerprint density at radius 2 is 1.85 bits per heavy atom. The number of halogens is 2. The molecule has 2 amide bonds. The van der Waals surface area contributed by atoms with E-state index in [1.54, 1.807) is 18.1 Å². The fourth-order valence-corrected chi connectivity index (χ4v) is 5.79. The molecule has 5 rings (SSSR count). The molecule has 0 spiro atoms. The monoisotopic (exact) mass is 555 g/mol. The number of aromatic amines is 1. The molecule has 1 aromatic carbocycles. The van der Waals surface area contributed by atoms with E-state index in [0.717, 1.165) is 11.8 Å². The van der Waals surface area contributed by atoms with Crippen LogP contribution in [0.1, 0.15) is 85.9 Å². The molecule has 1 saturated heterocycles. The number of urea groups is 1. The number of rotatable bonds is 5. The molecule has 40 heavy (non-hydrogen) atoms. The first-order valence-electron chi connectivity index (χ1n) is 13.6. The first kappa shape index (κ1) is 27.9. The molecule has 0 saturated carbocycles. The van der Waals surface area contributed by atoms with E-state index in [0.29, 0.717) is 62.5 Å². The van der Waals surface area contributed by atoms with Crippen LogP contribution in [-0.4, -0.2) is 56.1 Å². The number of nitrogens with one attached hydrogen (secondary N) is 2. The van der Waals surface area contributed by atoms with Crippen molar-refractivity contribution in [1.82, 2.24) is 35.2 Å². The fraction of sp³-hybridized carbons (Fsp3) is 0.536. The van der Waals surface area contributed by atoms with Crippen molar-refractivity contribution < 1.29 is 18.3 Å². The lowest BCUT2D eigenvalue weighted by Crippen LogP contribution is -2.46. The Morgan fingerprint density at radius 1 is 1.10 bits per heavy atom. The van der Waals surface area contributed by atoms with Crippen molar-refractivity contribution in [2.24, 2.45) is 0 Å². The van der Waals surface area contributed by atoms with Crippen LogP contribution in [0.5, 0.6) is 0 Å². The Kier molecular flexibility index (Phi) is 7.72. The Hall–Kier alpha value is -3.67. The number of aryl methyl sites for hydroxylation is 1. The topological polar surface area (TPSA) is 118 Å². The zero-order valence-electron chi connectivity index (χ0n) is 23.2. The van der Waals surface area contributed by atoms with Crippen molar-refractivity contribution in [3.05, 3.63) is 74.7 Å². The van der Waals surface area contributed by atoms with E-state index >= 15 is 0 Å². The highest BCUT2D eigenvalue weighted by Gasteiger charge is 2.36. The van der Waals surface area contributed by atoms with Crippen LogP contribution in [0.2, 0.25) is 0 Å². The van der Waals surface area contributed by atoms with Crippen molar-refractivity contribution in [2.45, 2.75) is 76.5 Å². The van der Waals surface area contributed by atoms with Crippen LogP contribution in [0.25, 0.3) is 0 Å². The summed E-state index contributed by atoms with van der Waals surface area (Å²) < 4.78 is 36.5. The number of hydrogen-bond donors (Lipinski definition) is 2. The molecule has 0 aliphatic carbocycles. The highest BCUT2D eigenvalue weighted by atomic mass is 19.2. The van der Waals surface area contributed by atoms with Gasteiger partial charge in [0.1, 0.15) is 5.60 Å². The molecule has 2 aliphatic heterocycles. The third kappa shape index (κ3) is 5.36. The average molecular weight is 556 g/mol. The first-order valence-corrected chi connectivity index (χ1v) is 13.6. The summed E-state index contributed by atoms with van der Waals surface area (Å²) >= 11 is 0. The number of hydrogen-bond acceptors (Lipinski definition) is 6. The third-order valence-electron chi connectivity index (χ3n) is 8.25. The summed E-state index contributed by atoms with van der Waals surface area (Å²) in [5.74, 6) is -0.940. The highest BCUT2D eigenvalue weighted by molar-refractivity contribution is 5.74. The number of H-pyrrole nitrogens is 1. The second kappa shape index (κ2) is 11.1. The minimum Gasteiger partial charge on any atom is -0.371 e. The minimum absolute atomic E-state index is 0.0521. The molecule has 0 bridgehead atoms. The van der Waals surface area contributed by atoms with Gasteiger partial charge in [0, 0.05) is 38.2 Å². The number of carbonyl (C=O) groups excluding carboxylic acids is 1. The molecule has 1 fully saturated rings. The molecule has 2 atom stereocenters. The molecular weight excluding hydrogens is 520 g/mol. The average Bonchev–Trinajstić information content (AvgIpc) is 3.29. The zero-order valence-corrected chi connectivity index (χ0v) is 23.2. The van der Waals surface area contributed by atoms with Crippen molar-refractivity contribution in [3.8, 4) is 0 Å². The summed E-state index contributed by atoms with van der Waals surface area (Å²) in [5, 5.41) is 18.4. The predicted molar refractivity (Wildman–Crippen MR) is 143 cm³/mol. The van der Waals surface area contributed by atoms with Gasteiger partial charge in [0.15, 0.2) is 23.3 Å². The van der Waals surface area contributed by atoms with Gasteiger partial charge < -0.3 is 19.5 Å². The SMILES string of the molecule is COC(C)(C)c1nnc2n1C[C@H](c1cccc(F)c1F)CC[C@H]2NC(=O)N1CCC(c2cc(C)n[nH]c2=O)CC1. The molecule has 12 heteroatoms. The summed E-state index contributed by atoms with van der Waals surface area (Å²) in [6, 6.07) is 5.32. The Balaban J connectivity index is 1.36. The lowest BCUT2D eigenvalue weighted by Gasteiger charge is -2.33. The number of amides is 2. The summed E-state index contributed by atoms with van der Waals surface area (Å²) in [6.07, 6.45) is 2.30. The van der Waals surface area contributed by atoms with Gasteiger partial charge in [-0.2, -0.15) is 5.10 Å². The normalized spacial score (nSPS) is 20.2. The van der Waals surface area contributed by atoms with Gasteiger partial charge in [-0.25, -0.2) is 18.7 Å². The number of piperidine rings is 1. The van der Waals surface area contributed by atoms with Gasteiger partial charge in [-0.3, -0.25) is 4.79 Å². The van der Waals surface area contributed by atoms with Crippen LogP contribution in [0.3, 0.4) is 0 Å². The second-order valence-corrected chi connectivity index (χ2v) is 11.2. The van der Waals surface area contributed by atoms with Crippen LogP contribution < -0.4 is 10.9 Å². The van der Waals surface area contributed by atoms with E-state index < -0.39 is 23.3 Å². The lowest BCUT2D eigenvalue weighted by atomic mass is 9.90. The van der Waals surface area contributed by atoms with Crippen LogP contribution >= 0.6 is 0 Å². The van der Waals surface area contributed by atoms with Crippen LogP contribution in [0, 0.1) is 18.6 Å². The minimum atomic E-state index is -0.889. The van der Waals surface area contributed by atoms with Gasteiger partial charge in [-0.1, -0.05) is 12.1 Å². The quantitative estimate of drug-likeness (QED) is 0.491. The van der Waals surface area contributed by atoms with E-state index in [2.05, 4.69) is 25.7 Å². The second-order valence-electron chi connectivity index (χ2n) is 11.2. The smallest absolute Gasteiger partial charge is 0.317 e. The molecule has 0 radical (unpaired) electrons. The number of carbonyl (C=O) groups is 1. The summed E-state index contributed by atoms with van der Waals surface area (Å²) in [6.45, 7) is 6.87. The third-order valence-corrected chi connectivity index (χ3v) is 8.25. The zero-order chi connectivity index (χ0) is 28.6. The standard InChI is InChI=1S/C28H35F2N7O3/c1-16-14-20(25(38)34-32-16)17-10-12-36(13-11-17)27(39)31-22-9-8-18(19-6-5-7-21(29)23(19)30)15-37-24(22)33-35-26(37)28(2,3)40-4/h5-7,14,17-18,22H,8-13,15H2,1-4H3,(H,31,39)(H,34,38)/t18-,22-/m1/s1. The number of ether oxygens (including phenoxy) is 1. The molecule has 214 valence electrons. The number of aromatic nitrogens is 5. The molecule has 2 aliphatic rings. The number of benzene rings is 1. The van der Waals surface area contributed by atoms with Crippen molar-refractivity contribution in [2.75, 3.05) is 20.2 Å². The van der Waals surface area contributed by atoms with Crippen molar-refractivity contribution in [1.29, 1.82) is 0 Å².